The van der Waals surface area contributed by atoms with Crippen LogP contribution < -0.4 is 11.1 Å². The first-order valence-corrected chi connectivity index (χ1v) is 6.15. The van der Waals surface area contributed by atoms with E-state index in [-0.39, 0.29) is 17.9 Å². The molecule has 3 N–H and O–H groups in total. The lowest BCUT2D eigenvalue weighted by Crippen LogP contribution is -2.40. The molecule has 1 aliphatic rings. The van der Waals surface area contributed by atoms with Crippen LogP contribution in [0.25, 0.3) is 0 Å². The highest BCUT2D eigenvalue weighted by molar-refractivity contribution is 5.78. The summed E-state index contributed by atoms with van der Waals surface area (Å²) in [5, 5.41) is 2.95. The van der Waals surface area contributed by atoms with Crippen LogP contribution in [0.1, 0.15) is 32.6 Å². The molecule has 1 rings (SSSR count). The molecule has 1 amide bonds. The van der Waals surface area contributed by atoms with Gasteiger partial charge in [0, 0.05) is 32.2 Å². The van der Waals surface area contributed by atoms with Crippen LogP contribution in [-0.2, 0) is 9.53 Å². The Labute approximate surface area is 97.9 Å². The van der Waals surface area contributed by atoms with Crippen LogP contribution in [0.3, 0.4) is 0 Å². The van der Waals surface area contributed by atoms with E-state index in [4.69, 9.17) is 10.5 Å². The predicted octanol–water partition coefficient (Wildman–Crippen LogP) is 0.903. The fraction of sp³-hybridized carbons (Fsp3) is 0.917. The van der Waals surface area contributed by atoms with Gasteiger partial charge in [0.15, 0.2) is 0 Å². The van der Waals surface area contributed by atoms with Gasteiger partial charge < -0.3 is 15.8 Å². The van der Waals surface area contributed by atoms with E-state index >= 15 is 0 Å². The molecule has 1 saturated carbocycles. The number of nitrogens with one attached hydrogen (secondary N) is 1. The zero-order valence-electron chi connectivity index (χ0n) is 10.4. The minimum Gasteiger partial charge on any atom is -0.385 e. The molecular formula is C12H24N2O2. The molecule has 3 atom stereocenters. The maximum atomic E-state index is 11.8. The van der Waals surface area contributed by atoms with Gasteiger partial charge in [-0.15, -0.1) is 0 Å². The van der Waals surface area contributed by atoms with Crippen LogP contribution in [0, 0.1) is 11.8 Å². The number of amides is 1. The van der Waals surface area contributed by atoms with E-state index in [1.165, 1.54) is 0 Å². The smallest absolute Gasteiger partial charge is 0.223 e. The lowest BCUT2D eigenvalue weighted by Gasteiger charge is -2.30. The van der Waals surface area contributed by atoms with Gasteiger partial charge in [0.05, 0.1) is 0 Å². The van der Waals surface area contributed by atoms with Gasteiger partial charge in [-0.05, 0) is 31.6 Å². The van der Waals surface area contributed by atoms with Crippen molar-refractivity contribution in [3.05, 3.63) is 0 Å². The van der Waals surface area contributed by atoms with Crippen molar-refractivity contribution in [1.29, 1.82) is 0 Å². The number of rotatable bonds is 5. The third-order valence-corrected chi connectivity index (χ3v) is 3.17. The van der Waals surface area contributed by atoms with Gasteiger partial charge in [-0.2, -0.15) is 0 Å². The minimum atomic E-state index is 0.112. The molecule has 0 bridgehead atoms. The summed E-state index contributed by atoms with van der Waals surface area (Å²) in [6, 6.07) is 0.193. The summed E-state index contributed by atoms with van der Waals surface area (Å²) in [7, 11) is 1.67. The Bertz CT molecular complexity index is 211. The van der Waals surface area contributed by atoms with Crippen LogP contribution in [0.4, 0.5) is 0 Å². The van der Waals surface area contributed by atoms with E-state index in [2.05, 4.69) is 12.2 Å². The Hall–Kier alpha value is -0.610. The van der Waals surface area contributed by atoms with Gasteiger partial charge >= 0.3 is 0 Å². The zero-order chi connectivity index (χ0) is 12.0. The molecule has 0 radical (unpaired) electrons. The first-order valence-electron chi connectivity index (χ1n) is 6.15. The second-order valence-corrected chi connectivity index (χ2v) is 4.91. The van der Waals surface area contributed by atoms with E-state index in [1.807, 2.05) is 0 Å². The van der Waals surface area contributed by atoms with Crippen LogP contribution in [-0.4, -0.2) is 32.2 Å². The number of hydrogen-bond donors (Lipinski definition) is 2. The normalized spacial score (nSPS) is 30.1. The topological polar surface area (TPSA) is 64.3 Å². The number of carbonyl (C=O) groups is 1. The van der Waals surface area contributed by atoms with Crippen LogP contribution in [0.5, 0.6) is 0 Å². The highest BCUT2D eigenvalue weighted by Crippen LogP contribution is 2.27. The fourth-order valence-corrected chi connectivity index (χ4v) is 2.44. The van der Waals surface area contributed by atoms with Crippen molar-refractivity contribution in [2.45, 2.75) is 38.6 Å². The molecule has 0 spiro atoms. The summed E-state index contributed by atoms with van der Waals surface area (Å²) in [4.78, 5) is 11.8. The summed E-state index contributed by atoms with van der Waals surface area (Å²) in [6.45, 7) is 3.57. The average Bonchev–Trinajstić information content (AvgIpc) is 2.22. The first kappa shape index (κ1) is 13.5. The van der Waals surface area contributed by atoms with E-state index in [1.54, 1.807) is 7.11 Å². The van der Waals surface area contributed by atoms with Gasteiger partial charge in [-0.1, -0.05) is 6.92 Å². The highest BCUT2D eigenvalue weighted by Gasteiger charge is 2.28. The Balaban J connectivity index is 2.24. The van der Waals surface area contributed by atoms with Crippen molar-refractivity contribution in [2.75, 3.05) is 20.3 Å². The van der Waals surface area contributed by atoms with E-state index in [0.717, 1.165) is 25.7 Å². The molecule has 16 heavy (non-hydrogen) atoms. The SMILES string of the molecule is COCCCNC(=O)C1CC(C)CC(N)C1. The van der Waals surface area contributed by atoms with E-state index in [9.17, 15) is 4.79 Å². The van der Waals surface area contributed by atoms with Crippen molar-refractivity contribution in [3.8, 4) is 0 Å². The number of methoxy groups -OCH3 is 1. The summed E-state index contributed by atoms with van der Waals surface area (Å²) >= 11 is 0. The van der Waals surface area contributed by atoms with Crippen molar-refractivity contribution < 1.29 is 9.53 Å². The lowest BCUT2D eigenvalue weighted by molar-refractivity contribution is -0.126. The van der Waals surface area contributed by atoms with Crippen molar-refractivity contribution in [3.63, 3.8) is 0 Å². The second kappa shape index (κ2) is 6.86. The summed E-state index contributed by atoms with van der Waals surface area (Å²) < 4.78 is 4.93. The third kappa shape index (κ3) is 4.49. The molecule has 0 aromatic carbocycles. The van der Waals surface area contributed by atoms with Gasteiger partial charge in [0.1, 0.15) is 0 Å². The van der Waals surface area contributed by atoms with Gasteiger partial charge in [0.2, 0.25) is 5.91 Å². The standard InChI is InChI=1S/C12H24N2O2/c1-9-6-10(8-11(13)7-9)12(15)14-4-3-5-16-2/h9-11H,3-8,13H2,1-2H3,(H,14,15). The second-order valence-electron chi connectivity index (χ2n) is 4.91. The minimum absolute atomic E-state index is 0.112. The molecule has 0 saturated heterocycles. The van der Waals surface area contributed by atoms with E-state index < -0.39 is 0 Å². The molecule has 3 unspecified atom stereocenters. The number of carbonyl (C=O) groups excluding carboxylic acids is 1. The molecule has 0 heterocycles. The molecule has 1 aliphatic carbocycles. The summed E-state index contributed by atoms with van der Waals surface area (Å²) in [5.41, 5.74) is 5.93. The quantitative estimate of drug-likeness (QED) is 0.687. The van der Waals surface area contributed by atoms with Crippen LogP contribution >= 0.6 is 0 Å². The Morgan fingerprint density at radius 2 is 2.19 bits per heavy atom. The van der Waals surface area contributed by atoms with Crippen LogP contribution in [0.15, 0.2) is 0 Å². The van der Waals surface area contributed by atoms with Gasteiger partial charge in [0.25, 0.3) is 0 Å². The Kier molecular flexibility index (Phi) is 5.77. The Morgan fingerprint density at radius 3 is 2.81 bits per heavy atom. The average molecular weight is 228 g/mol. The number of nitrogens with two attached hydrogens (primary N) is 1. The molecule has 94 valence electrons. The first-order chi connectivity index (χ1) is 7.63. The molecule has 0 aromatic heterocycles. The summed E-state index contributed by atoms with van der Waals surface area (Å²) in [6.07, 6.45) is 3.73. The zero-order valence-corrected chi connectivity index (χ0v) is 10.4. The maximum Gasteiger partial charge on any atom is 0.223 e. The van der Waals surface area contributed by atoms with Gasteiger partial charge in [-0.25, -0.2) is 0 Å². The monoisotopic (exact) mass is 228 g/mol. The maximum absolute atomic E-state index is 11.8. The largest absolute Gasteiger partial charge is 0.385 e. The number of ether oxygens (including phenoxy) is 1. The third-order valence-electron chi connectivity index (χ3n) is 3.17. The van der Waals surface area contributed by atoms with Crippen LogP contribution in [0.2, 0.25) is 0 Å². The van der Waals surface area contributed by atoms with Gasteiger partial charge in [-0.3, -0.25) is 4.79 Å². The van der Waals surface area contributed by atoms with Crippen molar-refractivity contribution in [2.24, 2.45) is 17.6 Å². The predicted molar refractivity (Wildman–Crippen MR) is 64.0 cm³/mol. The highest BCUT2D eigenvalue weighted by atomic mass is 16.5. The molecular weight excluding hydrogens is 204 g/mol. The molecule has 0 aromatic rings. The van der Waals surface area contributed by atoms with Crippen molar-refractivity contribution >= 4 is 5.91 Å². The molecule has 4 nitrogen and oxygen atoms in total. The summed E-state index contributed by atoms with van der Waals surface area (Å²) in [5.74, 6) is 0.845. The lowest BCUT2D eigenvalue weighted by atomic mass is 9.79. The van der Waals surface area contributed by atoms with E-state index in [0.29, 0.717) is 19.1 Å². The molecule has 4 heteroatoms. The Morgan fingerprint density at radius 1 is 1.44 bits per heavy atom. The molecule has 1 fully saturated rings. The molecule has 0 aliphatic heterocycles. The fourth-order valence-electron chi connectivity index (χ4n) is 2.44. The van der Waals surface area contributed by atoms with Crippen molar-refractivity contribution in [1.82, 2.24) is 5.32 Å². The number of hydrogen-bond acceptors (Lipinski definition) is 3.